The van der Waals surface area contributed by atoms with Gasteiger partial charge in [0.25, 0.3) is 5.91 Å². The molecule has 0 saturated carbocycles. The maximum Gasteiger partial charge on any atom is 0.251 e. The van der Waals surface area contributed by atoms with Crippen molar-refractivity contribution in [1.82, 2.24) is 10.3 Å². The number of nitrogens with one attached hydrogen (secondary N) is 1. The zero-order valence-electron chi connectivity index (χ0n) is 17.5. The number of nitrogens with zero attached hydrogens (tertiary/aromatic N) is 2. The molecule has 1 aromatic heterocycles. The standard InChI is InChI=1S/C25H16Br2ClN3O3/c26-15-9-20(27)24(29-11-15)31-13-19-22(34-21-7-2-1-6-18(21)23(19)32)10-17(31)12-30-25(33)14-4-3-5-16(28)8-14/h1-11,13,22H,12H2,(H,30,33)/t22-/m0/s1. The fourth-order valence-electron chi connectivity index (χ4n) is 3.80. The van der Waals surface area contributed by atoms with Gasteiger partial charge >= 0.3 is 0 Å². The van der Waals surface area contributed by atoms with Crippen LogP contribution >= 0.6 is 43.5 Å². The molecule has 0 spiro atoms. The number of carbonyl (C=O) groups excluding carboxylic acids is 2. The summed E-state index contributed by atoms with van der Waals surface area (Å²) in [5.41, 5.74) is 2.15. The minimum absolute atomic E-state index is 0.108. The highest BCUT2D eigenvalue weighted by Gasteiger charge is 2.35. The summed E-state index contributed by atoms with van der Waals surface area (Å²) in [6, 6.07) is 15.8. The van der Waals surface area contributed by atoms with Crippen LogP contribution in [0.5, 0.6) is 5.75 Å². The second-order valence-corrected chi connectivity index (χ2v) is 9.83. The Bertz CT molecular complexity index is 1390. The Labute approximate surface area is 217 Å². The van der Waals surface area contributed by atoms with Crippen LogP contribution in [0.2, 0.25) is 5.02 Å². The van der Waals surface area contributed by atoms with E-state index in [0.29, 0.717) is 43.5 Å². The molecule has 0 fully saturated rings. The molecule has 3 aromatic rings. The van der Waals surface area contributed by atoms with Crippen molar-refractivity contribution in [2.24, 2.45) is 0 Å². The molecule has 9 heteroatoms. The van der Waals surface area contributed by atoms with Crippen LogP contribution in [-0.4, -0.2) is 29.3 Å². The molecule has 1 amide bonds. The summed E-state index contributed by atoms with van der Waals surface area (Å²) in [6.07, 6.45) is 4.65. The van der Waals surface area contributed by atoms with E-state index >= 15 is 0 Å². The van der Waals surface area contributed by atoms with E-state index in [9.17, 15) is 9.59 Å². The number of hydrogen-bond donors (Lipinski definition) is 1. The highest BCUT2D eigenvalue weighted by atomic mass is 79.9. The van der Waals surface area contributed by atoms with E-state index in [1.807, 2.05) is 18.2 Å². The molecule has 0 bridgehead atoms. The number of aromatic nitrogens is 1. The zero-order valence-corrected chi connectivity index (χ0v) is 21.4. The number of ketones is 1. The van der Waals surface area contributed by atoms with Crippen LogP contribution in [0.3, 0.4) is 0 Å². The van der Waals surface area contributed by atoms with Gasteiger partial charge in [0, 0.05) is 33.2 Å². The number of para-hydroxylation sites is 1. The van der Waals surface area contributed by atoms with Crippen LogP contribution in [0.4, 0.5) is 5.82 Å². The van der Waals surface area contributed by atoms with Crippen LogP contribution in [0.15, 0.2) is 93.3 Å². The third-order valence-electron chi connectivity index (χ3n) is 5.41. The Morgan fingerprint density at radius 3 is 2.76 bits per heavy atom. The second kappa shape index (κ2) is 9.37. The predicted octanol–water partition coefficient (Wildman–Crippen LogP) is 5.92. The minimum Gasteiger partial charge on any atom is -0.481 e. The Morgan fingerprint density at radius 2 is 1.97 bits per heavy atom. The van der Waals surface area contributed by atoms with Crippen molar-refractivity contribution in [2.45, 2.75) is 6.10 Å². The first kappa shape index (κ1) is 22.8. The summed E-state index contributed by atoms with van der Waals surface area (Å²) in [5.74, 6) is 0.726. The van der Waals surface area contributed by atoms with Crippen LogP contribution in [-0.2, 0) is 0 Å². The highest BCUT2D eigenvalue weighted by molar-refractivity contribution is 9.11. The lowest BCUT2D eigenvalue weighted by Gasteiger charge is -2.34. The summed E-state index contributed by atoms with van der Waals surface area (Å²) < 4.78 is 7.63. The average molecular weight is 602 g/mol. The van der Waals surface area contributed by atoms with E-state index in [1.54, 1.807) is 59.8 Å². The Morgan fingerprint density at radius 1 is 1.15 bits per heavy atom. The smallest absolute Gasteiger partial charge is 0.251 e. The number of benzene rings is 2. The highest BCUT2D eigenvalue weighted by Crippen LogP contribution is 2.37. The number of rotatable bonds is 4. The number of ether oxygens (including phenoxy) is 1. The predicted molar refractivity (Wildman–Crippen MR) is 137 cm³/mol. The largest absolute Gasteiger partial charge is 0.481 e. The van der Waals surface area contributed by atoms with Gasteiger partial charge in [-0.25, -0.2) is 4.98 Å². The first-order valence-corrected chi connectivity index (χ1v) is 12.2. The summed E-state index contributed by atoms with van der Waals surface area (Å²) in [5, 5.41) is 3.40. The molecule has 34 heavy (non-hydrogen) atoms. The van der Waals surface area contributed by atoms with Crippen LogP contribution < -0.4 is 15.0 Å². The van der Waals surface area contributed by atoms with Gasteiger partial charge in [-0.1, -0.05) is 29.8 Å². The molecule has 0 radical (unpaired) electrons. The molecule has 2 aliphatic rings. The fraction of sp³-hybridized carbons (Fsp3) is 0.0800. The molecular weight excluding hydrogens is 586 g/mol. The van der Waals surface area contributed by atoms with Crippen molar-refractivity contribution >= 4 is 61.0 Å². The summed E-state index contributed by atoms with van der Waals surface area (Å²) >= 11 is 13.0. The van der Waals surface area contributed by atoms with E-state index in [2.05, 4.69) is 42.2 Å². The third kappa shape index (κ3) is 4.41. The second-order valence-electron chi connectivity index (χ2n) is 7.63. The lowest BCUT2D eigenvalue weighted by atomic mass is 9.93. The van der Waals surface area contributed by atoms with Crippen molar-refractivity contribution in [2.75, 3.05) is 11.4 Å². The van der Waals surface area contributed by atoms with Crippen LogP contribution in [0.25, 0.3) is 0 Å². The van der Waals surface area contributed by atoms with Gasteiger partial charge < -0.3 is 15.0 Å². The summed E-state index contributed by atoms with van der Waals surface area (Å²) in [4.78, 5) is 32.3. The van der Waals surface area contributed by atoms with Crippen molar-refractivity contribution in [3.63, 3.8) is 0 Å². The molecule has 0 unspecified atom stereocenters. The van der Waals surface area contributed by atoms with Gasteiger partial charge in [0.15, 0.2) is 11.6 Å². The number of amides is 1. The van der Waals surface area contributed by atoms with Crippen molar-refractivity contribution in [3.05, 3.63) is 109 Å². The molecule has 6 nitrogen and oxygen atoms in total. The summed E-state index contributed by atoms with van der Waals surface area (Å²) in [7, 11) is 0. The first-order valence-electron chi connectivity index (χ1n) is 10.3. The van der Waals surface area contributed by atoms with Gasteiger partial charge in [-0.15, -0.1) is 0 Å². The van der Waals surface area contributed by atoms with E-state index in [1.165, 1.54) is 0 Å². The van der Waals surface area contributed by atoms with Gasteiger partial charge in [0.2, 0.25) is 0 Å². The molecule has 5 rings (SSSR count). The Kier molecular flexibility index (Phi) is 6.29. The van der Waals surface area contributed by atoms with Gasteiger partial charge in [0.05, 0.1) is 22.2 Å². The van der Waals surface area contributed by atoms with Crippen LogP contribution in [0.1, 0.15) is 20.7 Å². The van der Waals surface area contributed by atoms with Gasteiger partial charge in [0.1, 0.15) is 11.9 Å². The number of anilines is 1. The number of halogens is 3. The monoisotopic (exact) mass is 599 g/mol. The molecule has 3 heterocycles. The summed E-state index contributed by atoms with van der Waals surface area (Å²) in [6.45, 7) is 0.176. The minimum atomic E-state index is -0.578. The van der Waals surface area contributed by atoms with Gasteiger partial charge in [-0.05, 0) is 74.3 Å². The van der Waals surface area contributed by atoms with Crippen molar-refractivity contribution in [1.29, 1.82) is 0 Å². The topological polar surface area (TPSA) is 71.5 Å². The molecule has 1 N–H and O–H groups in total. The average Bonchev–Trinajstić information content (AvgIpc) is 2.82. The molecule has 170 valence electrons. The van der Waals surface area contributed by atoms with E-state index in [-0.39, 0.29) is 18.2 Å². The fourth-order valence-corrected chi connectivity index (χ4v) is 5.17. The third-order valence-corrected chi connectivity index (χ3v) is 6.66. The van der Waals surface area contributed by atoms with E-state index < -0.39 is 6.10 Å². The maximum absolute atomic E-state index is 13.2. The zero-order chi connectivity index (χ0) is 23.8. The normalized spacial score (nSPS) is 16.6. The molecule has 2 aliphatic heterocycles. The van der Waals surface area contributed by atoms with E-state index in [4.69, 9.17) is 16.3 Å². The molecular formula is C25H16Br2ClN3O3. The number of Topliss-reactive ketones (excluding diaryl/α,β-unsaturated/α-hetero) is 1. The molecule has 1 atom stereocenters. The first-order chi connectivity index (χ1) is 16.4. The number of fused-ring (bicyclic) bond motifs is 2. The maximum atomic E-state index is 13.2. The van der Waals surface area contributed by atoms with E-state index in [0.717, 1.165) is 4.47 Å². The molecule has 0 aliphatic carbocycles. The van der Waals surface area contributed by atoms with Gasteiger partial charge in [-0.3, -0.25) is 9.59 Å². The van der Waals surface area contributed by atoms with Crippen LogP contribution in [0, 0.1) is 0 Å². The number of pyridine rings is 1. The molecule has 0 saturated heterocycles. The quantitative estimate of drug-likeness (QED) is 0.402. The number of carbonyl (C=O) groups is 2. The lowest BCUT2D eigenvalue weighted by molar-refractivity contribution is 0.0950. The molecule has 2 aromatic carbocycles. The Balaban J connectivity index is 1.50. The lowest BCUT2D eigenvalue weighted by Crippen LogP contribution is -2.39. The number of hydrogen-bond acceptors (Lipinski definition) is 5. The Hall–Kier alpha value is -2.94. The van der Waals surface area contributed by atoms with Crippen molar-refractivity contribution < 1.29 is 14.3 Å². The van der Waals surface area contributed by atoms with Gasteiger partial charge in [-0.2, -0.15) is 0 Å². The SMILES string of the molecule is O=C(NCC1=C[C@@H]2Oc3ccccc3C(=O)C2=CN1c1ncc(Br)cc1Br)c1cccc(Cl)c1. The van der Waals surface area contributed by atoms with Crippen molar-refractivity contribution in [3.8, 4) is 5.75 Å².